The number of hydrogen-bond acceptors (Lipinski definition) is 4. The van der Waals surface area contributed by atoms with Crippen LogP contribution in [0.3, 0.4) is 0 Å². The van der Waals surface area contributed by atoms with Gasteiger partial charge >= 0.3 is 0 Å². The molecule has 2 fully saturated rings. The lowest BCUT2D eigenvalue weighted by Crippen LogP contribution is -2.46. The quantitative estimate of drug-likeness (QED) is 0.516. The predicted molar refractivity (Wildman–Crippen MR) is 114 cm³/mol. The number of amides is 2. The zero-order valence-electron chi connectivity index (χ0n) is 17.4. The van der Waals surface area contributed by atoms with Crippen LogP contribution >= 0.6 is 0 Å². The van der Waals surface area contributed by atoms with Crippen molar-refractivity contribution in [1.29, 1.82) is 0 Å². The molecule has 1 aromatic carbocycles. The molecule has 0 saturated heterocycles. The van der Waals surface area contributed by atoms with Gasteiger partial charge in [0.15, 0.2) is 0 Å². The summed E-state index contributed by atoms with van der Waals surface area (Å²) in [6, 6.07) is 5.55. The van der Waals surface area contributed by atoms with Gasteiger partial charge in [-0.2, -0.15) is 0 Å². The summed E-state index contributed by atoms with van der Waals surface area (Å²) < 4.78 is 5.22. The molecule has 2 aliphatic carbocycles. The minimum absolute atomic E-state index is 0.0618. The van der Waals surface area contributed by atoms with Gasteiger partial charge in [-0.05, 0) is 43.7 Å². The van der Waals surface area contributed by atoms with E-state index in [2.05, 4.69) is 10.3 Å². The van der Waals surface area contributed by atoms with E-state index in [4.69, 9.17) is 4.74 Å². The van der Waals surface area contributed by atoms with Crippen LogP contribution in [-0.4, -0.2) is 53.7 Å². The van der Waals surface area contributed by atoms with E-state index >= 15 is 0 Å². The Bertz CT molecular complexity index is 941. The molecule has 2 aromatic rings. The molecule has 2 aliphatic rings. The second-order valence-corrected chi connectivity index (χ2v) is 8.47. The second kappa shape index (κ2) is 8.90. The Morgan fingerprint density at radius 3 is 2.60 bits per heavy atom. The summed E-state index contributed by atoms with van der Waals surface area (Å²) in [5.41, 5.74) is 1.06. The molecule has 0 unspecified atom stereocenters. The second-order valence-electron chi connectivity index (χ2n) is 8.47. The topological polar surface area (TPSA) is 91.5 Å². The van der Waals surface area contributed by atoms with Gasteiger partial charge in [0.25, 0.3) is 11.7 Å². The largest absolute Gasteiger partial charge is 0.497 e. The predicted octanol–water partition coefficient (Wildman–Crippen LogP) is 3.05. The number of carbonyl (C=O) groups is 3. The zero-order chi connectivity index (χ0) is 21.1. The fourth-order valence-electron chi connectivity index (χ4n) is 4.25. The molecule has 0 atom stereocenters. The maximum atomic E-state index is 13.2. The smallest absolute Gasteiger partial charge is 0.295 e. The highest BCUT2D eigenvalue weighted by Crippen LogP contribution is 2.26. The van der Waals surface area contributed by atoms with Crippen molar-refractivity contribution in [2.45, 2.75) is 51.0 Å². The number of benzene rings is 1. The summed E-state index contributed by atoms with van der Waals surface area (Å²) >= 11 is 0. The number of aromatic nitrogens is 1. The summed E-state index contributed by atoms with van der Waals surface area (Å²) in [5, 5.41) is 3.60. The number of rotatable bonds is 8. The van der Waals surface area contributed by atoms with Crippen molar-refractivity contribution in [3.63, 3.8) is 0 Å². The fourth-order valence-corrected chi connectivity index (χ4v) is 4.25. The zero-order valence-corrected chi connectivity index (χ0v) is 17.4. The first-order valence-electron chi connectivity index (χ1n) is 10.8. The third-order valence-corrected chi connectivity index (χ3v) is 6.10. The average Bonchev–Trinajstić information content (AvgIpc) is 3.47. The normalized spacial score (nSPS) is 17.0. The Morgan fingerprint density at radius 1 is 1.13 bits per heavy atom. The molecule has 2 N–H and O–H groups in total. The molecule has 2 amide bonds. The van der Waals surface area contributed by atoms with Crippen molar-refractivity contribution in [2.24, 2.45) is 5.92 Å². The number of carbonyl (C=O) groups excluding carboxylic acids is 3. The molecule has 0 radical (unpaired) electrons. The molecule has 0 spiro atoms. The van der Waals surface area contributed by atoms with Crippen molar-refractivity contribution in [3.8, 4) is 5.75 Å². The van der Waals surface area contributed by atoms with Gasteiger partial charge in [-0.1, -0.05) is 19.3 Å². The number of ether oxygens (including phenoxy) is 1. The number of methoxy groups -OCH3 is 1. The van der Waals surface area contributed by atoms with Gasteiger partial charge < -0.3 is 19.9 Å². The molecule has 30 heavy (non-hydrogen) atoms. The van der Waals surface area contributed by atoms with Crippen molar-refractivity contribution < 1.29 is 19.1 Å². The molecule has 0 aliphatic heterocycles. The molecule has 4 rings (SSSR count). The van der Waals surface area contributed by atoms with Gasteiger partial charge in [-0.25, -0.2) is 0 Å². The van der Waals surface area contributed by atoms with E-state index in [1.807, 2.05) is 0 Å². The van der Waals surface area contributed by atoms with Crippen LogP contribution in [0.5, 0.6) is 5.75 Å². The van der Waals surface area contributed by atoms with Crippen LogP contribution in [0.25, 0.3) is 10.9 Å². The summed E-state index contributed by atoms with van der Waals surface area (Å²) in [6.45, 7) is 0.395. The van der Waals surface area contributed by atoms with Crippen molar-refractivity contribution >= 4 is 28.5 Å². The van der Waals surface area contributed by atoms with Crippen LogP contribution in [-0.2, 0) is 9.59 Å². The fraction of sp³-hybridized carbons (Fsp3) is 0.522. The summed E-state index contributed by atoms with van der Waals surface area (Å²) in [4.78, 5) is 43.2. The third-order valence-electron chi connectivity index (χ3n) is 6.10. The molecule has 1 aromatic heterocycles. The number of hydrogen-bond donors (Lipinski definition) is 2. The third kappa shape index (κ3) is 4.66. The van der Waals surface area contributed by atoms with E-state index in [0.29, 0.717) is 29.2 Å². The Labute approximate surface area is 176 Å². The van der Waals surface area contributed by atoms with Crippen LogP contribution < -0.4 is 10.1 Å². The van der Waals surface area contributed by atoms with E-state index in [1.165, 1.54) is 11.3 Å². The van der Waals surface area contributed by atoms with E-state index in [1.54, 1.807) is 31.5 Å². The van der Waals surface area contributed by atoms with Gasteiger partial charge in [-0.15, -0.1) is 0 Å². The van der Waals surface area contributed by atoms with Gasteiger partial charge in [0.1, 0.15) is 5.75 Å². The summed E-state index contributed by atoms with van der Waals surface area (Å²) in [6.07, 6.45) is 9.10. The number of aromatic amines is 1. The highest BCUT2D eigenvalue weighted by Gasteiger charge is 2.31. The first-order chi connectivity index (χ1) is 14.5. The maximum absolute atomic E-state index is 13.2. The summed E-state index contributed by atoms with van der Waals surface area (Å²) in [7, 11) is 1.58. The highest BCUT2D eigenvalue weighted by molar-refractivity contribution is 6.45. The Hall–Kier alpha value is -2.83. The number of nitrogens with zero attached hydrogens (tertiary/aromatic N) is 1. The number of fused-ring (bicyclic) bond motifs is 1. The molecule has 2 saturated carbocycles. The molecular formula is C23H29N3O4. The number of nitrogens with one attached hydrogen (secondary N) is 2. The highest BCUT2D eigenvalue weighted by atomic mass is 16.5. The van der Waals surface area contributed by atoms with Crippen molar-refractivity contribution in [1.82, 2.24) is 15.2 Å². The van der Waals surface area contributed by atoms with E-state index < -0.39 is 11.7 Å². The Morgan fingerprint density at radius 2 is 1.90 bits per heavy atom. The lowest BCUT2D eigenvalue weighted by molar-refractivity contribution is -0.133. The minimum Gasteiger partial charge on any atom is -0.497 e. The SMILES string of the molecule is COc1ccc2c(C(=O)C(=O)N(CC(=O)NC3CC3)CC3CCCCC3)c[nH]c2c1. The molecule has 1 heterocycles. The monoisotopic (exact) mass is 411 g/mol. The first-order valence-corrected chi connectivity index (χ1v) is 10.8. The standard InChI is InChI=1S/C23H29N3O4/c1-30-17-9-10-18-19(12-24-20(18)11-17)22(28)23(29)26(13-15-5-3-2-4-6-15)14-21(27)25-16-7-8-16/h9-12,15-16,24H,2-8,13-14H2,1H3,(H,25,27). The van der Waals surface area contributed by atoms with E-state index in [9.17, 15) is 14.4 Å². The van der Waals surface area contributed by atoms with Crippen LogP contribution in [0.15, 0.2) is 24.4 Å². The minimum atomic E-state index is -0.608. The van der Waals surface area contributed by atoms with Crippen molar-refractivity contribution in [2.75, 3.05) is 20.2 Å². The number of H-pyrrole nitrogens is 1. The van der Waals surface area contributed by atoms with Gasteiger partial charge in [0.05, 0.1) is 19.2 Å². The average molecular weight is 412 g/mol. The van der Waals surface area contributed by atoms with E-state index in [0.717, 1.165) is 44.0 Å². The first kappa shape index (κ1) is 20.4. The molecule has 160 valence electrons. The number of ketones is 1. The van der Waals surface area contributed by atoms with Crippen LogP contribution in [0, 0.1) is 5.92 Å². The van der Waals surface area contributed by atoms with Crippen molar-refractivity contribution in [3.05, 3.63) is 30.0 Å². The maximum Gasteiger partial charge on any atom is 0.295 e. The molecule has 7 heteroatoms. The number of Topliss-reactive ketones (excluding diaryl/α,β-unsaturated/α-hetero) is 1. The lowest BCUT2D eigenvalue weighted by atomic mass is 9.89. The van der Waals surface area contributed by atoms with Crippen LogP contribution in [0.2, 0.25) is 0 Å². The summed E-state index contributed by atoms with van der Waals surface area (Å²) in [5.74, 6) is -0.357. The van der Waals surface area contributed by atoms with Gasteiger partial charge in [-0.3, -0.25) is 14.4 Å². The molecule has 0 bridgehead atoms. The van der Waals surface area contributed by atoms with Crippen LogP contribution in [0.1, 0.15) is 55.3 Å². The van der Waals surface area contributed by atoms with Crippen LogP contribution in [0.4, 0.5) is 0 Å². The Balaban J connectivity index is 1.52. The Kier molecular flexibility index (Phi) is 6.06. The van der Waals surface area contributed by atoms with Gasteiger partial charge in [0, 0.05) is 35.8 Å². The lowest BCUT2D eigenvalue weighted by Gasteiger charge is -2.29. The molecule has 7 nitrogen and oxygen atoms in total. The molecular weight excluding hydrogens is 382 g/mol. The van der Waals surface area contributed by atoms with E-state index in [-0.39, 0.29) is 18.5 Å². The van der Waals surface area contributed by atoms with Gasteiger partial charge in [0.2, 0.25) is 5.91 Å².